The quantitative estimate of drug-likeness (QED) is 0.661. The van der Waals surface area contributed by atoms with Gasteiger partial charge in [-0.25, -0.2) is 0 Å². The van der Waals surface area contributed by atoms with Crippen molar-refractivity contribution in [3.8, 4) is 17.0 Å². The Balaban J connectivity index is 2.06. The van der Waals surface area contributed by atoms with Crippen LogP contribution < -0.4 is 4.74 Å². The lowest BCUT2D eigenvalue weighted by Gasteiger charge is -2.12. The molecule has 0 amide bonds. The largest absolute Gasteiger partial charge is 0.491 e. The number of aromatic nitrogens is 4. The summed E-state index contributed by atoms with van der Waals surface area (Å²) in [5.41, 5.74) is 2.42. The van der Waals surface area contributed by atoms with Crippen LogP contribution in [0, 0.1) is 6.92 Å². The summed E-state index contributed by atoms with van der Waals surface area (Å²) in [6.07, 6.45) is 2.90. The van der Waals surface area contributed by atoms with Crippen LogP contribution in [-0.2, 0) is 5.38 Å². The number of aryl methyl sites for hydroxylation is 1. The van der Waals surface area contributed by atoms with Crippen LogP contribution in [0.25, 0.3) is 16.9 Å². The summed E-state index contributed by atoms with van der Waals surface area (Å²) < 4.78 is 33.6. The monoisotopic (exact) mass is 352 g/mol. The normalized spacial score (nSPS) is 12.1. The first-order valence-electron chi connectivity index (χ1n) is 7.31. The van der Waals surface area contributed by atoms with Crippen molar-refractivity contribution >= 4 is 17.2 Å². The molecule has 24 heavy (non-hydrogen) atoms. The Morgan fingerprint density at radius 3 is 2.62 bits per heavy atom. The molecule has 0 atom stereocenters. The Morgan fingerprint density at radius 2 is 2.00 bits per heavy atom. The highest BCUT2D eigenvalue weighted by atomic mass is 35.5. The number of benzene rings is 1. The molecule has 0 fully saturated rings. The molecule has 3 aromatic rings. The number of fused-ring (bicyclic) bond motifs is 1. The van der Waals surface area contributed by atoms with E-state index in [-0.39, 0.29) is 11.8 Å². The van der Waals surface area contributed by atoms with Crippen LogP contribution in [0.3, 0.4) is 0 Å². The van der Waals surface area contributed by atoms with Crippen LogP contribution in [0.4, 0.5) is 8.78 Å². The van der Waals surface area contributed by atoms with Gasteiger partial charge in [-0.2, -0.15) is 8.78 Å². The Bertz CT molecular complexity index is 889. The van der Waals surface area contributed by atoms with E-state index in [1.807, 2.05) is 39.0 Å². The third kappa shape index (κ3) is 3.17. The zero-order chi connectivity index (χ0) is 17.5. The van der Waals surface area contributed by atoms with E-state index in [1.165, 1.54) is 12.4 Å². The van der Waals surface area contributed by atoms with Gasteiger partial charge in [-0.05, 0) is 56.1 Å². The molecule has 0 aliphatic heterocycles. The first kappa shape index (κ1) is 16.6. The summed E-state index contributed by atoms with van der Waals surface area (Å²) in [4.78, 5) is 4.27. The molecule has 3 rings (SSSR count). The lowest BCUT2D eigenvalue weighted by atomic mass is 10.1. The van der Waals surface area contributed by atoms with Crippen molar-refractivity contribution in [3.63, 3.8) is 0 Å². The smallest absolute Gasteiger partial charge is 0.382 e. The van der Waals surface area contributed by atoms with Crippen LogP contribution in [0.2, 0.25) is 0 Å². The first-order chi connectivity index (χ1) is 11.3. The predicted octanol–water partition coefficient (Wildman–Crippen LogP) is 4.18. The van der Waals surface area contributed by atoms with E-state index in [4.69, 9.17) is 16.3 Å². The summed E-state index contributed by atoms with van der Waals surface area (Å²) in [7, 11) is 0. The minimum absolute atomic E-state index is 0.0651. The minimum atomic E-state index is -3.61. The topological polar surface area (TPSA) is 52.3 Å². The van der Waals surface area contributed by atoms with E-state index in [1.54, 1.807) is 0 Å². The fourth-order valence-corrected chi connectivity index (χ4v) is 2.53. The highest BCUT2D eigenvalue weighted by Crippen LogP contribution is 2.32. The molecule has 0 saturated heterocycles. The summed E-state index contributed by atoms with van der Waals surface area (Å²) in [5, 5.41) is 3.49. The molecule has 0 bridgehead atoms. The Hall–Kier alpha value is -2.28. The van der Waals surface area contributed by atoms with Gasteiger partial charge in [0.15, 0.2) is 5.65 Å². The third-order valence-corrected chi connectivity index (χ3v) is 3.56. The molecule has 0 radical (unpaired) electrons. The number of rotatable bonds is 4. The zero-order valence-corrected chi connectivity index (χ0v) is 14.1. The Kier molecular flexibility index (Phi) is 4.13. The Labute approximate surface area is 142 Å². The summed E-state index contributed by atoms with van der Waals surface area (Å²) >= 11 is 5.08. The van der Waals surface area contributed by atoms with Gasteiger partial charge in [-0.1, -0.05) is 0 Å². The first-order valence-corrected chi connectivity index (χ1v) is 7.69. The van der Waals surface area contributed by atoms with E-state index in [0.717, 1.165) is 21.3 Å². The van der Waals surface area contributed by atoms with Gasteiger partial charge >= 0.3 is 5.38 Å². The van der Waals surface area contributed by atoms with Crippen LogP contribution in [0.5, 0.6) is 5.75 Å². The fourth-order valence-electron chi connectivity index (χ4n) is 2.40. The van der Waals surface area contributed by atoms with E-state index in [2.05, 4.69) is 15.2 Å². The molecule has 2 aromatic heterocycles. The van der Waals surface area contributed by atoms with E-state index < -0.39 is 11.2 Å². The molecule has 0 aliphatic carbocycles. The lowest BCUT2D eigenvalue weighted by molar-refractivity contribution is 0.0833. The van der Waals surface area contributed by atoms with Gasteiger partial charge in [0.25, 0.3) is 0 Å². The van der Waals surface area contributed by atoms with Gasteiger partial charge < -0.3 is 4.74 Å². The molecule has 0 spiro atoms. The van der Waals surface area contributed by atoms with Gasteiger partial charge in [-0.3, -0.25) is 9.38 Å². The van der Waals surface area contributed by atoms with Crippen LogP contribution in [-0.4, -0.2) is 25.7 Å². The Morgan fingerprint density at radius 1 is 1.25 bits per heavy atom. The standard InChI is InChI=1S/C16H15ClF2N4O/c1-9(2)24-11-4-5-12(10(3)6-11)13-8-23-14(7-20-13)21-22-15(23)16(17,18)19/h4-9H,1-3H3. The van der Waals surface area contributed by atoms with E-state index in [9.17, 15) is 8.78 Å². The highest BCUT2D eigenvalue weighted by molar-refractivity contribution is 6.21. The lowest BCUT2D eigenvalue weighted by Crippen LogP contribution is -2.09. The minimum Gasteiger partial charge on any atom is -0.491 e. The molecule has 8 heteroatoms. The second-order valence-corrected chi connectivity index (χ2v) is 6.14. The predicted molar refractivity (Wildman–Crippen MR) is 86.5 cm³/mol. The van der Waals surface area contributed by atoms with E-state index in [0.29, 0.717) is 5.69 Å². The number of alkyl halides is 3. The second-order valence-electron chi connectivity index (χ2n) is 5.67. The van der Waals surface area contributed by atoms with Crippen molar-refractivity contribution in [2.45, 2.75) is 32.3 Å². The van der Waals surface area contributed by atoms with E-state index >= 15 is 0 Å². The SMILES string of the molecule is Cc1cc(OC(C)C)ccc1-c1cn2c(C(F)(F)Cl)nnc2cn1. The molecule has 0 aliphatic rings. The summed E-state index contributed by atoms with van der Waals surface area (Å²) in [6.45, 7) is 5.79. The maximum absolute atomic E-state index is 13.4. The molecule has 5 nitrogen and oxygen atoms in total. The zero-order valence-electron chi connectivity index (χ0n) is 13.3. The molecule has 0 unspecified atom stereocenters. The molecule has 1 aromatic carbocycles. The van der Waals surface area contributed by atoms with Crippen LogP contribution >= 0.6 is 11.6 Å². The molecule has 2 heterocycles. The number of hydrogen-bond acceptors (Lipinski definition) is 4. The average Bonchev–Trinajstić information content (AvgIpc) is 2.89. The van der Waals surface area contributed by atoms with Crippen LogP contribution in [0.1, 0.15) is 25.2 Å². The number of nitrogens with zero attached hydrogens (tertiary/aromatic N) is 4. The number of ether oxygens (including phenoxy) is 1. The fraction of sp³-hybridized carbons (Fsp3) is 0.312. The van der Waals surface area contributed by atoms with Gasteiger partial charge in [0.1, 0.15) is 5.75 Å². The maximum Gasteiger partial charge on any atom is 0.382 e. The van der Waals surface area contributed by atoms with Gasteiger partial charge in [0, 0.05) is 11.8 Å². The molecule has 126 valence electrons. The second kappa shape index (κ2) is 5.98. The van der Waals surface area contributed by atoms with Crippen molar-refractivity contribution in [2.24, 2.45) is 0 Å². The van der Waals surface area contributed by atoms with Crippen molar-refractivity contribution in [3.05, 3.63) is 42.0 Å². The molecule has 0 N–H and O–H groups in total. The van der Waals surface area contributed by atoms with Gasteiger partial charge in [0.05, 0.1) is 18.0 Å². The van der Waals surface area contributed by atoms with Crippen molar-refractivity contribution in [1.82, 2.24) is 19.6 Å². The summed E-state index contributed by atoms with van der Waals surface area (Å²) in [5.74, 6) is 0.102. The third-order valence-electron chi connectivity index (χ3n) is 3.39. The van der Waals surface area contributed by atoms with Crippen molar-refractivity contribution in [2.75, 3.05) is 0 Å². The number of halogens is 3. The van der Waals surface area contributed by atoms with Gasteiger partial charge in [-0.15, -0.1) is 10.2 Å². The van der Waals surface area contributed by atoms with Crippen molar-refractivity contribution in [1.29, 1.82) is 0 Å². The van der Waals surface area contributed by atoms with Gasteiger partial charge in [0.2, 0.25) is 5.82 Å². The molecule has 0 saturated carbocycles. The molecular formula is C16H15ClF2N4O. The van der Waals surface area contributed by atoms with Crippen LogP contribution in [0.15, 0.2) is 30.6 Å². The highest BCUT2D eigenvalue weighted by Gasteiger charge is 2.34. The van der Waals surface area contributed by atoms with Crippen molar-refractivity contribution < 1.29 is 13.5 Å². The molecular weight excluding hydrogens is 338 g/mol. The average molecular weight is 353 g/mol. The number of hydrogen-bond donors (Lipinski definition) is 0. The maximum atomic E-state index is 13.4. The summed E-state index contributed by atoms with van der Waals surface area (Å²) in [6, 6.07) is 5.53.